The molecule has 0 heterocycles. The number of aliphatic hydroxyl groups is 2. The van der Waals surface area contributed by atoms with Crippen LogP contribution >= 0.6 is 0 Å². The highest BCUT2D eigenvalue weighted by atomic mass is 16.6. The Kier molecular flexibility index (Phi) is 10.1. The van der Waals surface area contributed by atoms with Crippen molar-refractivity contribution in [3.05, 3.63) is 144 Å². The highest BCUT2D eigenvalue weighted by Gasteiger charge is 2.52. The van der Waals surface area contributed by atoms with Gasteiger partial charge in [0.05, 0.1) is 26.4 Å². The van der Waals surface area contributed by atoms with Crippen LogP contribution in [0.25, 0.3) is 0 Å². The average Bonchev–Trinajstić information content (AvgIpc) is 3.01. The third-order valence-corrected chi connectivity index (χ3v) is 7.14. The first-order valence-electron chi connectivity index (χ1n) is 13.7. The zero-order valence-electron chi connectivity index (χ0n) is 22.4. The predicted octanol–water partition coefficient (Wildman–Crippen LogP) is 5.06. The van der Waals surface area contributed by atoms with Crippen molar-refractivity contribution in [3.63, 3.8) is 0 Å². The Morgan fingerprint density at radius 2 is 0.575 bits per heavy atom. The molecule has 0 bridgehead atoms. The molecule has 1 aliphatic carbocycles. The van der Waals surface area contributed by atoms with Crippen molar-refractivity contribution in [3.8, 4) is 0 Å². The van der Waals surface area contributed by atoms with Crippen LogP contribution in [0.2, 0.25) is 0 Å². The van der Waals surface area contributed by atoms with Crippen LogP contribution in [0.1, 0.15) is 22.3 Å². The van der Waals surface area contributed by atoms with Gasteiger partial charge < -0.3 is 29.2 Å². The summed E-state index contributed by atoms with van der Waals surface area (Å²) < 4.78 is 25.5. The molecule has 2 N–H and O–H groups in total. The Hall–Kier alpha value is -3.36. The molecule has 0 spiro atoms. The van der Waals surface area contributed by atoms with Gasteiger partial charge in [-0.15, -0.1) is 0 Å². The van der Waals surface area contributed by atoms with Crippen molar-refractivity contribution in [2.24, 2.45) is 0 Å². The van der Waals surface area contributed by atoms with Crippen LogP contribution in [0.3, 0.4) is 0 Å². The van der Waals surface area contributed by atoms with Crippen LogP contribution in [0, 0.1) is 0 Å². The molecule has 6 heteroatoms. The lowest BCUT2D eigenvalue weighted by Crippen LogP contribution is -2.66. The van der Waals surface area contributed by atoms with Crippen molar-refractivity contribution >= 4 is 0 Å². The third kappa shape index (κ3) is 7.43. The Morgan fingerprint density at radius 3 is 0.825 bits per heavy atom. The Morgan fingerprint density at radius 1 is 0.350 bits per heavy atom. The van der Waals surface area contributed by atoms with Crippen LogP contribution < -0.4 is 0 Å². The Balaban J connectivity index is 1.42. The monoisotopic (exact) mass is 540 g/mol. The lowest BCUT2D eigenvalue weighted by molar-refractivity contribution is -0.273. The fraction of sp³-hybridized carbons (Fsp3) is 0.294. The fourth-order valence-electron chi connectivity index (χ4n) is 4.98. The van der Waals surface area contributed by atoms with E-state index in [4.69, 9.17) is 18.9 Å². The van der Waals surface area contributed by atoms with Crippen LogP contribution in [-0.4, -0.2) is 46.8 Å². The highest BCUT2D eigenvalue weighted by molar-refractivity contribution is 5.17. The van der Waals surface area contributed by atoms with E-state index in [2.05, 4.69) is 0 Å². The second kappa shape index (κ2) is 14.3. The summed E-state index contributed by atoms with van der Waals surface area (Å²) in [5.74, 6) is 0. The first-order valence-corrected chi connectivity index (χ1v) is 13.7. The minimum absolute atomic E-state index is 0.251. The maximum atomic E-state index is 11.4. The lowest BCUT2D eigenvalue weighted by atomic mass is 9.84. The fourth-order valence-corrected chi connectivity index (χ4v) is 4.98. The van der Waals surface area contributed by atoms with Gasteiger partial charge in [0.1, 0.15) is 36.6 Å². The van der Waals surface area contributed by atoms with E-state index in [-0.39, 0.29) is 26.4 Å². The second-order valence-corrected chi connectivity index (χ2v) is 10.0. The molecule has 1 fully saturated rings. The summed E-state index contributed by atoms with van der Waals surface area (Å²) in [6.45, 7) is 1.08. The molecule has 0 radical (unpaired) electrons. The first kappa shape index (κ1) is 28.2. The number of ether oxygens (including phenoxy) is 4. The zero-order valence-corrected chi connectivity index (χ0v) is 22.4. The molecule has 4 aromatic carbocycles. The van der Waals surface area contributed by atoms with E-state index in [0.717, 1.165) is 22.3 Å². The molecular weight excluding hydrogens is 504 g/mol. The quantitative estimate of drug-likeness (QED) is 0.262. The zero-order chi connectivity index (χ0) is 27.6. The molecule has 40 heavy (non-hydrogen) atoms. The molecule has 0 unspecified atom stereocenters. The van der Waals surface area contributed by atoms with Crippen LogP contribution in [0.4, 0.5) is 0 Å². The standard InChI is InChI=1S/C34H36O6/c35-29-30(36)32(38-22-26-15-7-2-8-16-26)34(40-24-28-19-11-4-12-20-28)33(39-23-27-17-9-3-10-18-27)31(29)37-21-25-13-5-1-6-14-25/h1-20,29-36H,21-24H2/t29-,30-,31+,32+,33-,34+/m0/s1. The van der Waals surface area contributed by atoms with Crippen LogP contribution in [0.5, 0.6) is 0 Å². The summed E-state index contributed by atoms with van der Waals surface area (Å²) in [7, 11) is 0. The van der Waals surface area contributed by atoms with E-state index >= 15 is 0 Å². The van der Waals surface area contributed by atoms with Gasteiger partial charge in [-0.2, -0.15) is 0 Å². The van der Waals surface area contributed by atoms with Crippen molar-refractivity contribution in [1.29, 1.82) is 0 Å². The lowest BCUT2D eigenvalue weighted by Gasteiger charge is -2.47. The Bertz CT molecular complexity index is 1150. The largest absolute Gasteiger partial charge is 0.387 e. The molecule has 1 saturated carbocycles. The third-order valence-electron chi connectivity index (χ3n) is 7.14. The second-order valence-electron chi connectivity index (χ2n) is 10.0. The molecular formula is C34H36O6. The van der Waals surface area contributed by atoms with Gasteiger partial charge in [-0.05, 0) is 22.3 Å². The number of hydrogen-bond acceptors (Lipinski definition) is 6. The minimum Gasteiger partial charge on any atom is -0.387 e. The SMILES string of the molecule is O[C@H]1[C@H](O)[C@@H](OCc2ccccc2)[C@@H](OCc2ccccc2)[C@@H](OCc2ccccc2)[C@@H]1OCc1ccccc1. The van der Waals surface area contributed by atoms with Crippen LogP contribution in [-0.2, 0) is 45.4 Å². The van der Waals surface area contributed by atoms with E-state index in [9.17, 15) is 10.2 Å². The van der Waals surface area contributed by atoms with Gasteiger partial charge >= 0.3 is 0 Å². The average molecular weight is 541 g/mol. The van der Waals surface area contributed by atoms with E-state index in [1.807, 2.05) is 121 Å². The number of benzene rings is 4. The molecule has 6 nitrogen and oxygen atoms in total. The van der Waals surface area contributed by atoms with E-state index in [1.165, 1.54) is 0 Å². The minimum atomic E-state index is -1.25. The molecule has 1 aliphatic rings. The van der Waals surface area contributed by atoms with Crippen LogP contribution in [0.15, 0.2) is 121 Å². The van der Waals surface area contributed by atoms with E-state index in [0.29, 0.717) is 0 Å². The van der Waals surface area contributed by atoms with Gasteiger partial charge in [-0.3, -0.25) is 0 Å². The molecule has 0 aromatic heterocycles. The normalized spacial score (nSPS) is 24.6. The van der Waals surface area contributed by atoms with Crippen molar-refractivity contribution < 1.29 is 29.2 Å². The Labute approximate surface area is 235 Å². The van der Waals surface area contributed by atoms with Gasteiger partial charge in [0.15, 0.2) is 0 Å². The smallest absolute Gasteiger partial charge is 0.116 e. The summed E-state index contributed by atoms with van der Waals surface area (Å²) in [4.78, 5) is 0. The first-order chi connectivity index (χ1) is 19.7. The maximum Gasteiger partial charge on any atom is 0.116 e. The van der Waals surface area contributed by atoms with E-state index in [1.54, 1.807) is 0 Å². The maximum absolute atomic E-state index is 11.4. The van der Waals surface area contributed by atoms with Gasteiger partial charge in [-0.25, -0.2) is 0 Å². The molecule has 0 amide bonds. The topological polar surface area (TPSA) is 77.4 Å². The van der Waals surface area contributed by atoms with Crippen molar-refractivity contribution in [1.82, 2.24) is 0 Å². The van der Waals surface area contributed by atoms with Gasteiger partial charge in [0.2, 0.25) is 0 Å². The molecule has 0 saturated heterocycles. The number of aliphatic hydroxyl groups excluding tert-OH is 2. The highest BCUT2D eigenvalue weighted by Crippen LogP contribution is 2.32. The predicted molar refractivity (Wildman–Crippen MR) is 152 cm³/mol. The van der Waals surface area contributed by atoms with Gasteiger partial charge in [0.25, 0.3) is 0 Å². The molecule has 208 valence electrons. The summed E-state index contributed by atoms with van der Waals surface area (Å²) >= 11 is 0. The van der Waals surface area contributed by atoms with Gasteiger partial charge in [0, 0.05) is 0 Å². The van der Waals surface area contributed by atoms with E-state index < -0.39 is 36.6 Å². The number of hydrogen-bond donors (Lipinski definition) is 2. The molecule has 5 rings (SSSR count). The summed E-state index contributed by atoms with van der Waals surface area (Å²) in [5.41, 5.74) is 3.87. The summed E-state index contributed by atoms with van der Waals surface area (Å²) in [6, 6.07) is 39.1. The molecule has 6 atom stereocenters. The molecule has 4 aromatic rings. The summed E-state index contributed by atoms with van der Waals surface area (Å²) in [6.07, 6.45) is -5.63. The van der Waals surface area contributed by atoms with Gasteiger partial charge in [-0.1, -0.05) is 121 Å². The van der Waals surface area contributed by atoms with Crippen molar-refractivity contribution in [2.75, 3.05) is 0 Å². The summed E-state index contributed by atoms with van der Waals surface area (Å²) in [5, 5.41) is 22.7. The molecule has 0 aliphatic heterocycles. The number of rotatable bonds is 12. The van der Waals surface area contributed by atoms with Crippen molar-refractivity contribution in [2.45, 2.75) is 63.1 Å².